The molecular weight excluding hydrogens is 336 g/mol. The average Bonchev–Trinajstić information content (AvgIpc) is 2.72. The first-order valence-corrected chi connectivity index (χ1v) is 9.76. The first-order chi connectivity index (χ1) is 13.1. The molecule has 144 valence electrons. The standard InChI is InChI=1S/C23H30N2O2/c1-24(2)21-6-4-5-20(17-21)23(26)25-15-13-19(14-16-25)8-7-18-9-11-22(27-3)12-10-18/h4-6,9-12,17,19H,7-8,13-16H2,1-3H3. The number of nitrogens with zero attached hydrogens (tertiary/aromatic N) is 2. The maximum atomic E-state index is 12.8. The molecule has 1 aliphatic rings. The highest BCUT2D eigenvalue weighted by Gasteiger charge is 2.23. The lowest BCUT2D eigenvalue weighted by Crippen LogP contribution is -2.38. The maximum absolute atomic E-state index is 12.8. The SMILES string of the molecule is COc1ccc(CCC2CCN(C(=O)c3cccc(N(C)C)c3)CC2)cc1. The first kappa shape index (κ1) is 19.3. The first-order valence-electron chi connectivity index (χ1n) is 9.76. The van der Waals surface area contributed by atoms with Gasteiger partial charge in [0, 0.05) is 38.4 Å². The van der Waals surface area contributed by atoms with Crippen LogP contribution in [0.4, 0.5) is 5.69 Å². The summed E-state index contributed by atoms with van der Waals surface area (Å²) in [6.07, 6.45) is 4.46. The molecule has 1 aliphatic heterocycles. The molecule has 4 nitrogen and oxygen atoms in total. The Bertz CT molecular complexity index is 747. The second kappa shape index (κ2) is 8.94. The van der Waals surface area contributed by atoms with Crippen molar-refractivity contribution in [1.29, 1.82) is 0 Å². The van der Waals surface area contributed by atoms with E-state index in [9.17, 15) is 4.79 Å². The van der Waals surface area contributed by atoms with Gasteiger partial charge in [0.25, 0.3) is 5.91 Å². The molecule has 2 aromatic carbocycles. The van der Waals surface area contributed by atoms with E-state index in [2.05, 4.69) is 12.1 Å². The number of benzene rings is 2. The predicted molar refractivity (Wildman–Crippen MR) is 111 cm³/mol. The van der Waals surface area contributed by atoms with E-state index in [1.807, 2.05) is 60.3 Å². The Kier molecular flexibility index (Phi) is 6.38. The second-order valence-corrected chi connectivity index (χ2v) is 7.57. The van der Waals surface area contributed by atoms with Gasteiger partial charge < -0.3 is 14.5 Å². The summed E-state index contributed by atoms with van der Waals surface area (Å²) >= 11 is 0. The fraction of sp³-hybridized carbons (Fsp3) is 0.435. The van der Waals surface area contributed by atoms with Crippen LogP contribution in [0.1, 0.15) is 35.2 Å². The molecule has 27 heavy (non-hydrogen) atoms. The number of rotatable bonds is 6. The summed E-state index contributed by atoms with van der Waals surface area (Å²) in [4.78, 5) is 16.9. The zero-order chi connectivity index (χ0) is 19.2. The molecule has 0 saturated carbocycles. The summed E-state index contributed by atoms with van der Waals surface area (Å²) in [6, 6.07) is 16.2. The van der Waals surface area contributed by atoms with Crippen LogP contribution in [0.3, 0.4) is 0 Å². The van der Waals surface area contributed by atoms with Crippen LogP contribution < -0.4 is 9.64 Å². The average molecular weight is 367 g/mol. The molecule has 3 rings (SSSR count). The lowest BCUT2D eigenvalue weighted by molar-refractivity contribution is 0.0687. The summed E-state index contributed by atoms with van der Waals surface area (Å²) in [5, 5.41) is 0. The second-order valence-electron chi connectivity index (χ2n) is 7.57. The number of piperidine rings is 1. The Hall–Kier alpha value is -2.49. The normalized spacial score (nSPS) is 14.9. The van der Waals surface area contributed by atoms with Crippen molar-refractivity contribution in [2.24, 2.45) is 5.92 Å². The number of anilines is 1. The number of amides is 1. The van der Waals surface area contributed by atoms with Gasteiger partial charge in [-0.1, -0.05) is 18.2 Å². The van der Waals surface area contributed by atoms with Gasteiger partial charge in [-0.2, -0.15) is 0 Å². The molecule has 0 unspecified atom stereocenters. The third-order valence-electron chi connectivity index (χ3n) is 5.51. The maximum Gasteiger partial charge on any atom is 0.253 e. The van der Waals surface area contributed by atoms with E-state index in [1.165, 1.54) is 12.0 Å². The zero-order valence-corrected chi connectivity index (χ0v) is 16.6. The third kappa shape index (κ3) is 5.03. The van der Waals surface area contributed by atoms with Crippen LogP contribution in [0.5, 0.6) is 5.75 Å². The predicted octanol–water partition coefficient (Wildman–Crippen LogP) is 4.25. The minimum atomic E-state index is 0.160. The lowest BCUT2D eigenvalue weighted by Gasteiger charge is -2.32. The third-order valence-corrected chi connectivity index (χ3v) is 5.51. The molecule has 1 amide bonds. The van der Waals surface area contributed by atoms with Gasteiger partial charge in [-0.05, 0) is 67.5 Å². The van der Waals surface area contributed by atoms with Crippen molar-refractivity contribution in [2.75, 3.05) is 39.2 Å². The number of methoxy groups -OCH3 is 1. The molecule has 1 heterocycles. The number of carbonyl (C=O) groups is 1. The van der Waals surface area contributed by atoms with Crippen LogP contribution in [0.15, 0.2) is 48.5 Å². The number of aryl methyl sites for hydroxylation is 1. The molecule has 1 fully saturated rings. The van der Waals surface area contributed by atoms with Crippen LogP contribution >= 0.6 is 0 Å². The summed E-state index contributed by atoms with van der Waals surface area (Å²) in [7, 11) is 5.69. The van der Waals surface area contributed by atoms with Gasteiger partial charge in [0.15, 0.2) is 0 Å². The van der Waals surface area contributed by atoms with Crippen molar-refractivity contribution < 1.29 is 9.53 Å². The Labute approximate surface area is 162 Å². The van der Waals surface area contributed by atoms with E-state index in [-0.39, 0.29) is 5.91 Å². The van der Waals surface area contributed by atoms with Crippen molar-refractivity contribution in [3.63, 3.8) is 0 Å². The fourth-order valence-corrected chi connectivity index (χ4v) is 3.69. The molecule has 0 aromatic heterocycles. The number of likely N-dealkylation sites (tertiary alicyclic amines) is 1. The van der Waals surface area contributed by atoms with Gasteiger partial charge in [0.05, 0.1) is 7.11 Å². The number of hydrogen-bond donors (Lipinski definition) is 0. The minimum Gasteiger partial charge on any atom is -0.497 e. The van der Waals surface area contributed by atoms with Crippen LogP contribution in [-0.2, 0) is 6.42 Å². The number of ether oxygens (including phenoxy) is 1. The van der Waals surface area contributed by atoms with Crippen molar-refractivity contribution in [1.82, 2.24) is 4.90 Å². The van der Waals surface area contributed by atoms with Crippen LogP contribution in [0, 0.1) is 5.92 Å². The van der Waals surface area contributed by atoms with Crippen LogP contribution in [0.25, 0.3) is 0 Å². The van der Waals surface area contributed by atoms with E-state index in [0.717, 1.165) is 49.4 Å². The molecule has 0 bridgehead atoms. The molecule has 0 N–H and O–H groups in total. The van der Waals surface area contributed by atoms with Gasteiger partial charge in [-0.15, -0.1) is 0 Å². The molecule has 0 radical (unpaired) electrons. The van der Waals surface area contributed by atoms with E-state index < -0.39 is 0 Å². The topological polar surface area (TPSA) is 32.8 Å². The highest BCUT2D eigenvalue weighted by atomic mass is 16.5. The molecule has 0 spiro atoms. The zero-order valence-electron chi connectivity index (χ0n) is 16.6. The molecule has 1 saturated heterocycles. The number of carbonyl (C=O) groups excluding carboxylic acids is 1. The van der Waals surface area contributed by atoms with Crippen molar-refractivity contribution in [3.05, 3.63) is 59.7 Å². The largest absolute Gasteiger partial charge is 0.497 e. The van der Waals surface area contributed by atoms with Gasteiger partial charge in [-0.25, -0.2) is 0 Å². The Balaban J connectivity index is 1.49. The molecule has 2 aromatic rings. The van der Waals surface area contributed by atoms with Crippen LogP contribution in [-0.4, -0.2) is 45.1 Å². The van der Waals surface area contributed by atoms with Crippen molar-refractivity contribution in [2.45, 2.75) is 25.7 Å². The highest BCUT2D eigenvalue weighted by Crippen LogP contribution is 2.25. The van der Waals surface area contributed by atoms with E-state index >= 15 is 0 Å². The van der Waals surface area contributed by atoms with Gasteiger partial charge in [0.1, 0.15) is 5.75 Å². The van der Waals surface area contributed by atoms with Gasteiger partial charge in [-0.3, -0.25) is 4.79 Å². The smallest absolute Gasteiger partial charge is 0.253 e. The van der Waals surface area contributed by atoms with Gasteiger partial charge in [0.2, 0.25) is 0 Å². The molecule has 0 atom stereocenters. The van der Waals surface area contributed by atoms with Crippen molar-refractivity contribution in [3.8, 4) is 5.75 Å². The highest BCUT2D eigenvalue weighted by molar-refractivity contribution is 5.95. The quantitative estimate of drug-likeness (QED) is 0.766. The molecule has 4 heteroatoms. The summed E-state index contributed by atoms with van der Waals surface area (Å²) in [6.45, 7) is 1.72. The fourth-order valence-electron chi connectivity index (χ4n) is 3.69. The number of hydrogen-bond acceptors (Lipinski definition) is 3. The summed E-state index contributed by atoms with van der Waals surface area (Å²) < 4.78 is 5.21. The Morgan fingerprint density at radius 1 is 1.11 bits per heavy atom. The van der Waals surface area contributed by atoms with E-state index in [4.69, 9.17) is 4.74 Å². The molecular formula is C23H30N2O2. The van der Waals surface area contributed by atoms with Gasteiger partial charge >= 0.3 is 0 Å². The Morgan fingerprint density at radius 3 is 2.44 bits per heavy atom. The minimum absolute atomic E-state index is 0.160. The van der Waals surface area contributed by atoms with Crippen LogP contribution in [0.2, 0.25) is 0 Å². The van der Waals surface area contributed by atoms with Crippen molar-refractivity contribution >= 4 is 11.6 Å². The van der Waals surface area contributed by atoms with E-state index in [1.54, 1.807) is 7.11 Å². The summed E-state index contributed by atoms with van der Waals surface area (Å²) in [5.74, 6) is 1.76. The van der Waals surface area contributed by atoms with E-state index in [0.29, 0.717) is 5.92 Å². The monoisotopic (exact) mass is 366 g/mol. The molecule has 0 aliphatic carbocycles. The Morgan fingerprint density at radius 2 is 1.81 bits per heavy atom. The lowest BCUT2D eigenvalue weighted by atomic mass is 9.90. The summed E-state index contributed by atoms with van der Waals surface area (Å²) in [5.41, 5.74) is 3.21.